The van der Waals surface area contributed by atoms with Crippen molar-refractivity contribution in [1.82, 2.24) is 10.9 Å². The van der Waals surface area contributed by atoms with Crippen molar-refractivity contribution in [3.05, 3.63) is 59.4 Å². The van der Waals surface area contributed by atoms with Crippen LogP contribution in [0.1, 0.15) is 11.1 Å². The number of halogens is 1. The molecule has 3 N–H and O–H groups in total. The van der Waals surface area contributed by atoms with Gasteiger partial charge in [0.05, 0.1) is 13.5 Å². The highest BCUT2D eigenvalue weighted by atomic mass is 32.1. The number of methoxy groups -OCH3 is 1. The molecule has 0 aliphatic carbocycles. The lowest BCUT2D eigenvalue weighted by Crippen LogP contribution is -2.44. The number of carbonyl (C=O) groups excluding carboxylic acids is 1. The van der Waals surface area contributed by atoms with Crippen LogP contribution in [0, 0.1) is 12.7 Å². The molecule has 0 bridgehead atoms. The summed E-state index contributed by atoms with van der Waals surface area (Å²) in [5, 5.41) is 3.03. The third-order valence-electron chi connectivity index (χ3n) is 3.20. The summed E-state index contributed by atoms with van der Waals surface area (Å²) in [6, 6.07) is 11.4. The van der Waals surface area contributed by atoms with Crippen LogP contribution in [-0.4, -0.2) is 18.1 Å². The maximum Gasteiger partial charge on any atom is 0.242 e. The first-order chi connectivity index (χ1) is 11.5. The van der Waals surface area contributed by atoms with E-state index in [0.717, 1.165) is 11.1 Å². The number of hydrazine groups is 1. The number of thiocarbonyl (C=S) groups is 1. The molecule has 0 saturated carbocycles. The molecule has 0 fully saturated rings. The molecule has 0 atom stereocenters. The van der Waals surface area contributed by atoms with Crippen molar-refractivity contribution in [2.75, 3.05) is 12.4 Å². The van der Waals surface area contributed by atoms with Gasteiger partial charge < -0.3 is 10.1 Å². The van der Waals surface area contributed by atoms with E-state index in [1.165, 1.54) is 12.1 Å². The molecule has 126 valence electrons. The van der Waals surface area contributed by atoms with Crippen LogP contribution in [0.5, 0.6) is 5.75 Å². The Bertz CT molecular complexity index is 735. The van der Waals surface area contributed by atoms with Gasteiger partial charge in [0, 0.05) is 11.3 Å². The largest absolute Gasteiger partial charge is 0.496 e. The van der Waals surface area contributed by atoms with Gasteiger partial charge in [-0.15, -0.1) is 0 Å². The van der Waals surface area contributed by atoms with E-state index in [-0.39, 0.29) is 23.3 Å². The van der Waals surface area contributed by atoms with E-state index < -0.39 is 0 Å². The number of amides is 1. The van der Waals surface area contributed by atoms with Crippen molar-refractivity contribution in [2.45, 2.75) is 13.3 Å². The molecule has 2 aromatic carbocycles. The maximum atomic E-state index is 12.8. The molecular formula is C17H18FN3O2S. The predicted octanol–water partition coefficient (Wildman–Crippen LogP) is 2.70. The molecule has 0 heterocycles. The summed E-state index contributed by atoms with van der Waals surface area (Å²) in [6.07, 6.45) is 0.150. The van der Waals surface area contributed by atoms with E-state index in [4.69, 9.17) is 17.0 Å². The van der Waals surface area contributed by atoms with Gasteiger partial charge in [-0.05, 0) is 49.5 Å². The first-order valence-electron chi connectivity index (χ1n) is 7.23. The normalized spacial score (nSPS) is 9.96. The summed E-state index contributed by atoms with van der Waals surface area (Å²) in [5.74, 6) is 0.0600. The van der Waals surface area contributed by atoms with Gasteiger partial charge in [0.2, 0.25) is 5.91 Å². The molecule has 5 nitrogen and oxygen atoms in total. The Morgan fingerprint density at radius 1 is 1.17 bits per heavy atom. The summed E-state index contributed by atoms with van der Waals surface area (Å²) in [5.41, 5.74) is 7.56. The lowest BCUT2D eigenvalue weighted by atomic mass is 10.1. The minimum Gasteiger partial charge on any atom is -0.496 e. The van der Waals surface area contributed by atoms with Gasteiger partial charge in [-0.2, -0.15) is 0 Å². The van der Waals surface area contributed by atoms with Crippen molar-refractivity contribution in [3.8, 4) is 5.75 Å². The number of hydrogen-bond donors (Lipinski definition) is 3. The number of benzene rings is 2. The fourth-order valence-corrected chi connectivity index (χ4v) is 2.25. The topological polar surface area (TPSA) is 62.4 Å². The van der Waals surface area contributed by atoms with Gasteiger partial charge >= 0.3 is 0 Å². The maximum absolute atomic E-state index is 12.8. The monoisotopic (exact) mass is 347 g/mol. The van der Waals surface area contributed by atoms with E-state index >= 15 is 0 Å². The number of nitrogens with one attached hydrogen (secondary N) is 3. The molecule has 0 spiro atoms. The zero-order valence-corrected chi connectivity index (χ0v) is 14.2. The van der Waals surface area contributed by atoms with Crippen molar-refractivity contribution < 1.29 is 13.9 Å². The van der Waals surface area contributed by atoms with Crippen LogP contribution >= 0.6 is 12.2 Å². The molecule has 2 rings (SSSR count). The minimum absolute atomic E-state index is 0.150. The first kappa shape index (κ1) is 17.7. The molecule has 7 heteroatoms. The zero-order chi connectivity index (χ0) is 17.5. The number of hydrogen-bond acceptors (Lipinski definition) is 3. The summed E-state index contributed by atoms with van der Waals surface area (Å²) >= 11 is 5.07. The van der Waals surface area contributed by atoms with E-state index in [0.29, 0.717) is 11.4 Å². The summed E-state index contributed by atoms with van der Waals surface area (Å²) in [6.45, 7) is 1.95. The molecule has 0 radical (unpaired) electrons. The first-order valence-corrected chi connectivity index (χ1v) is 7.63. The quantitative estimate of drug-likeness (QED) is 0.586. The molecule has 24 heavy (non-hydrogen) atoms. The van der Waals surface area contributed by atoms with Crippen molar-refractivity contribution in [3.63, 3.8) is 0 Å². The predicted molar refractivity (Wildman–Crippen MR) is 95.3 cm³/mol. The van der Waals surface area contributed by atoms with E-state index in [2.05, 4.69) is 16.2 Å². The number of carbonyl (C=O) groups is 1. The Labute approximate surface area is 145 Å². The van der Waals surface area contributed by atoms with E-state index in [9.17, 15) is 9.18 Å². The molecule has 0 saturated heterocycles. The molecule has 0 unspecified atom stereocenters. The van der Waals surface area contributed by atoms with Crippen molar-refractivity contribution in [1.29, 1.82) is 0 Å². The second-order valence-electron chi connectivity index (χ2n) is 5.13. The second-order valence-corrected chi connectivity index (χ2v) is 5.53. The smallest absolute Gasteiger partial charge is 0.242 e. The molecule has 1 amide bonds. The van der Waals surface area contributed by atoms with Gasteiger partial charge in [0.1, 0.15) is 11.6 Å². The van der Waals surface area contributed by atoms with Crippen LogP contribution < -0.4 is 20.9 Å². The van der Waals surface area contributed by atoms with E-state index in [1.54, 1.807) is 19.2 Å². The highest BCUT2D eigenvalue weighted by Gasteiger charge is 2.09. The number of ether oxygens (including phenoxy) is 1. The Kier molecular flexibility index (Phi) is 6.08. The number of anilines is 1. The van der Waals surface area contributed by atoms with Crippen LogP contribution in [-0.2, 0) is 11.2 Å². The molecule has 0 aliphatic rings. The standard InChI is InChI=1S/C17H18FN3O2S/c1-11-3-8-15(23-2)12(9-11)10-16(22)20-21-17(24)19-14-6-4-13(18)5-7-14/h3-9H,10H2,1-2H3,(H,20,22)(H2,19,21,24). The van der Waals surface area contributed by atoms with Crippen LogP contribution in [0.3, 0.4) is 0 Å². The third-order valence-corrected chi connectivity index (χ3v) is 3.41. The van der Waals surface area contributed by atoms with Crippen LogP contribution in [0.15, 0.2) is 42.5 Å². The lowest BCUT2D eigenvalue weighted by Gasteiger charge is -2.13. The van der Waals surface area contributed by atoms with Gasteiger partial charge in [0.25, 0.3) is 0 Å². The highest BCUT2D eigenvalue weighted by molar-refractivity contribution is 7.80. The van der Waals surface area contributed by atoms with Gasteiger partial charge in [-0.25, -0.2) is 4.39 Å². The highest BCUT2D eigenvalue weighted by Crippen LogP contribution is 2.19. The SMILES string of the molecule is COc1ccc(C)cc1CC(=O)NNC(=S)Nc1ccc(F)cc1. The van der Waals surface area contributed by atoms with Crippen LogP contribution in [0.4, 0.5) is 10.1 Å². The van der Waals surface area contributed by atoms with Crippen molar-refractivity contribution >= 4 is 28.9 Å². The van der Waals surface area contributed by atoms with Crippen LogP contribution in [0.2, 0.25) is 0 Å². The molecule has 0 aliphatic heterocycles. The molecular weight excluding hydrogens is 329 g/mol. The third kappa shape index (κ3) is 5.20. The Balaban J connectivity index is 1.85. The van der Waals surface area contributed by atoms with Gasteiger partial charge in [-0.3, -0.25) is 15.6 Å². The Morgan fingerprint density at radius 2 is 1.88 bits per heavy atom. The fraction of sp³-hybridized carbons (Fsp3) is 0.176. The van der Waals surface area contributed by atoms with Crippen LogP contribution in [0.25, 0.3) is 0 Å². The Hall–Kier alpha value is -2.67. The summed E-state index contributed by atoms with van der Waals surface area (Å²) in [7, 11) is 1.56. The fourth-order valence-electron chi connectivity index (χ4n) is 2.08. The average molecular weight is 347 g/mol. The average Bonchev–Trinajstić information content (AvgIpc) is 2.55. The summed E-state index contributed by atoms with van der Waals surface area (Å²) < 4.78 is 18.1. The summed E-state index contributed by atoms with van der Waals surface area (Å²) in [4.78, 5) is 12.0. The number of aryl methyl sites for hydroxylation is 1. The van der Waals surface area contributed by atoms with Crippen molar-refractivity contribution in [2.24, 2.45) is 0 Å². The zero-order valence-electron chi connectivity index (χ0n) is 13.4. The molecule has 2 aromatic rings. The van der Waals surface area contributed by atoms with Gasteiger partial charge in [0.15, 0.2) is 5.11 Å². The van der Waals surface area contributed by atoms with E-state index in [1.807, 2.05) is 25.1 Å². The number of rotatable bonds is 4. The lowest BCUT2D eigenvalue weighted by molar-refractivity contribution is -0.121. The minimum atomic E-state index is -0.333. The second kappa shape index (κ2) is 8.26. The van der Waals surface area contributed by atoms with Gasteiger partial charge in [-0.1, -0.05) is 17.7 Å². The Morgan fingerprint density at radius 3 is 2.54 bits per heavy atom. The molecule has 0 aromatic heterocycles.